The molecule has 0 radical (unpaired) electrons. The Morgan fingerprint density at radius 1 is 1.31 bits per heavy atom. The number of nitrogen functional groups attached to an aromatic ring is 2. The first kappa shape index (κ1) is 9.88. The van der Waals surface area contributed by atoms with Crippen molar-refractivity contribution >= 4 is 40.5 Å². The molecule has 1 aromatic rings. The molecule has 1 rings (SSSR count). The summed E-state index contributed by atoms with van der Waals surface area (Å²) in [5, 5.41) is 8.24. The Kier molecular flexibility index (Phi) is 2.49. The first-order valence-electron chi connectivity index (χ1n) is 3.08. The number of hydrogen-bond acceptors (Lipinski definition) is 4. The van der Waals surface area contributed by atoms with E-state index in [-0.39, 0.29) is 21.6 Å². The molecule has 1 aromatic heterocycles. The van der Waals surface area contributed by atoms with Crippen LogP contribution in [0.1, 0.15) is 10.5 Å². The van der Waals surface area contributed by atoms with E-state index in [1.165, 1.54) is 0 Å². The third kappa shape index (κ3) is 1.61. The molecule has 0 saturated carbocycles. The highest BCUT2D eigenvalue weighted by Gasteiger charge is 2.17. The molecule has 0 atom stereocenters. The highest BCUT2D eigenvalue weighted by atomic mass is 35.5. The van der Waals surface area contributed by atoms with Gasteiger partial charge >= 0.3 is 5.97 Å². The topological polar surface area (TPSA) is 102 Å². The first-order chi connectivity index (χ1) is 5.95. The number of aromatic nitrogens is 1. The normalized spacial score (nSPS) is 10.0. The van der Waals surface area contributed by atoms with Crippen molar-refractivity contribution < 1.29 is 9.90 Å². The largest absolute Gasteiger partial charge is 0.476 e. The van der Waals surface area contributed by atoms with Gasteiger partial charge < -0.3 is 16.6 Å². The second-order valence-electron chi connectivity index (χ2n) is 2.20. The van der Waals surface area contributed by atoms with Crippen LogP contribution in [0.15, 0.2) is 0 Å². The van der Waals surface area contributed by atoms with Gasteiger partial charge in [0.25, 0.3) is 0 Å². The molecule has 70 valence electrons. The average Bonchev–Trinajstić information content (AvgIpc) is 2.07. The molecular formula is C6H5Cl2N3O2. The number of carbonyl (C=O) groups is 1. The molecule has 0 amide bonds. The Morgan fingerprint density at radius 3 is 2.31 bits per heavy atom. The summed E-state index contributed by atoms with van der Waals surface area (Å²) < 4.78 is 0. The molecule has 5 N–H and O–H groups in total. The molecule has 0 aliphatic carbocycles. The summed E-state index contributed by atoms with van der Waals surface area (Å²) in [6, 6.07) is 0. The predicted octanol–water partition coefficient (Wildman–Crippen LogP) is 1.25. The van der Waals surface area contributed by atoms with Crippen LogP contribution in [0, 0.1) is 0 Å². The molecule has 7 heteroatoms. The van der Waals surface area contributed by atoms with Crippen molar-refractivity contribution in [2.75, 3.05) is 11.5 Å². The lowest BCUT2D eigenvalue weighted by Crippen LogP contribution is -2.07. The van der Waals surface area contributed by atoms with Gasteiger partial charge in [-0.15, -0.1) is 0 Å². The fourth-order valence-electron chi connectivity index (χ4n) is 0.706. The molecule has 13 heavy (non-hydrogen) atoms. The van der Waals surface area contributed by atoms with Gasteiger partial charge in [0, 0.05) is 0 Å². The van der Waals surface area contributed by atoms with E-state index in [4.69, 9.17) is 39.8 Å². The van der Waals surface area contributed by atoms with Crippen molar-refractivity contribution in [3.8, 4) is 0 Å². The smallest absolute Gasteiger partial charge is 0.356 e. The van der Waals surface area contributed by atoms with Crippen molar-refractivity contribution in [1.82, 2.24) is 4.98 Å². The van der Waals surface area contributed by atoms with Crippen LogP contribution in [0.5, 0.6) is 0 Å². The van der Waals surface area contributed by atoms with E-state index in [2.05, 4.69) is 4.98 Å². The lowest BCUT2D eigenvalue weighted by atomic mass is 10.3. The van der Waals surface area contributed by atoms with Gasteiger partial charge in [-0.05, 0) is 0 Å². The second kappa shape index (κ2) is 3.27. The van der Waals surface area contributed by atoms with E-state index >= 15 is 0 Å². The number of rotatable bonds is 1. The summed E-state index contributed by atoms with van der Waals surface area (Å²) in [6.45, 7) is 0. The van der Waals surface area contributed by atoms with E-state index in [1.54, 1.807) is 0 Å². The van der Waals surface area contributed by atoms with Crippen LogP contribution < -0.4 is 11.5 Å². The number of halogens is 2. The van der Waals surface area contributed by atoms with Gasteiger partial charge in [-0.2, -0.15) is 0 Å². The SMILES string of the molecule is Nc1c(Cl)nc(C(=O)O)c(Cl)c1N. The summed E-state index contributed by atoms with van der Waals surface area (Å²) in [5.41, 5.74) is 10.2. The number of carboxylic acid groups (broad SMARTS) is 1. The van der Waals surface area contributed by atoms with E-state index in [1.807, 2.05) is 0 Å². The van der Waals surface area contributed by atoms with Gasteiger partial charge in [-0.1, -0.05) is 23.2 Å². The van der Waals surface area contributed by atoms with Gasteiger partial charge in [0.05, 0.1) is 16.4 Å². The van der Waals surface area contributed by atoms with Crippen molar-refractivity contribution in [3.63, 3.8) is 0 Å². The first-order valence-corrected chi connectivity index (χ1v) is 3.84. The third-order valence-electron chi connectivity index (χ3n) is 1.37. The average molecular weight is 222 g/mol. The molecule has 0 aromatic carbocycles. The Morgan fingerprint density at radius 2 is 1.85 bits per heavy atom. The number of aromatic carboxylic acids is 1. The highest BCUT2D eigenvalue weighted by Crippen LogP contribution is 2.32. The zero-order valence-electron chi connectivity index (χ0n) is 6.21. The maximum Gasteiger partial charge on any atom is 0.356 e. The molecule has 0 unspecified atom stereocenters. The number of hydrogen-bond donors (Lipinski definition) is 3. The van der Waals surface area contributed by atoms with E-state index in [0.29, 0.717) is 0 Å². The molecule has 0 bridgehead atoms. The van der Waals surface area contributed by atoms with Crippen LogP contribution in [-0.2, 0) is 0 Å². The molecular weight excluding hydrogens is 217 g/mol. The molecule has 5 nitrogen and oxygen atoms in total. The van der Waals surface area contributed by atoms with Gasteiger partial charge in [0.15, 0.2) is 10.8 Å². The number of anilines is 2. The lowest BCUT2D eigenvalue weighted by Gasteiger charge is -2.06. The maximum absolute atomic E-state index is 10.5. The van der Waals surface area contributed by atoms with Crippen LogP contribution in [0.2, 0.25) is 10.2 Å². The van der Waals surface area contributed by atoms with Crippen molar-refractivity contribution in [3.05, 3.63) is 15.9 Å². The summed E-state index contributed by atoms with van der Waals surface area (Å²) >= 11 is 11.1. The van der Waals surface area contributed by atoms with Gasteiger partial charge in [0.2, 0.25) is 0 Å². The van der Waals surface area contributed by atoms with E-state index in [0.717, 1.165) is 0 Å². The highest BCUT2D eigenvalue weighted by molar-refractivity contribution is 6.38. The number of nitrogens with two attached hydrogens (primary N) is 2. The Hall–Kier alpha value is -1.20. The Labute approximate surface area is 83.3 Å². The Bertz CT molecular complexity index is 381. The Balaban J connectivity index is 3.50. The van der Waals surface area contributed by atoms with Crippen LogP contribution >= 0.6 is 23.2 Å². The monoisotopic (exact) mass is 221 g/mol. The minimum Gasteiger partial charge on any atom is -0.476 e. The van der Waals surface area contributed by atoms with E-state index in [9.17, 15) is 4.79 Å². The summed E-state index contributed by atoms with van der Waals surface area (Å²) in [4.78, 5) is 14.0. The molecule has 0 fully saturated rings. The third-order valence-corrected chi connectivity index (χ3v) is 2.04. The predicted molar refractivity (Wildman–Crippen MR) is 50.0 cm³/mol. The molecule has 1 heterocycles. The molecule has 0 saturated heterocycles. The van der Waals surface area contributed by atoms with Crippen molar-refractivity contribution in [2.45, 2.75) is 0 Å². The van der Waals surface area contributed by atoms with Crippen LogP contribution in [-0.4, -0.2) is 16.1 Å². The number of pyridine rings is 1. The summed E-state index contributed by atoms with van der Waals surface area (Å²) in [6.07, 6.45) is 0. The van der Waals surface area contributed by atoms with E-state index < -0.39 is 11.7 Å². The maximum atomic E-state index is 10.5. The van der Waals surface area contributed by atoms with Crippen molar-refractivity contribution in [1.29, 1.82) is 0 Å². The fraction of sp³-hybridized carbons (Fsp3) is 0. The minimum absolute atomic E-state index is 0.0170. The fourth-order valence-corrected chi connectivity index (χ4v) is 1.12. The van der Waals surface area contributed by atoms with Crippen LogP contribution in [0.3, 0.4) is 0 Å². The van der Waals surface area contributed by atoms with Crippen LogP contribution in [0.4, 0.5) is 11.4 Å². The lowest BCUT2D eigenvalue weighted by molar-refractivity contribution is 0.0691. The standard InChI is InChI=1S/C6H5Cl2N3O2/c7-1-2(9)3(10)5(8)11-4(1)6(12)13/h10H2,(H2,9,11)(H,12,13). The molecule has 0 spiro atoms. The van der Waals surface area contributed by atoms with Gasteiger partial charge in [-0.3, -0.25) is 0 Å². The summed E-state index contributed by atoms with van der Waals surface area (Å²) in [7, 11) is 0. The van der Waals surface area contributed by atoms with Gasteiger partial charge in [0.1, 0.15) is 0 Å². The zero-order valence-corrected chi connectivity index (χ0v) is 7.73. The van der Waals surface area contributed by atoms with Crippen LogP contribution in [0.25, 0.3) is 0 Å². The van der Waals surface area contributed by atoms with Gasteiger partial charge in [-0.25, -0.2) is 9.78 Å². The summed E-state index contributed by atoms with van der Waals surface area (Å²) in [5.74, 6) is -1.31. The quantitative estimate of drug-likeness (QED) is 0.620. The zero-order chi connectivity index (χ0) is 10.2. The molecule has 0 aliphatic rings. The number of nitrogens with zero attached hydrogens (tertiary/aromatic N) is 1. The number of carboxylic acids is 1. The molecule has 0 aliphatic heterocycles. The minimum atomic E-state index is -1.31. The van der Waals surface area contributed by atoms with Crippen molar-refractivity contribution in [2.24, 2.45) is 0 Å². The second-order valence-corrected chi connectivity index (χ2v) is 2.93.